The topological polar surface area (TPSA) is 137 Å². The number of aromatic nitrogens is 2. The standard InChI is InChI=1S/C21H28FN5O5S/c1-21(2,3)32-20(28)27-9-7-13(8-10-27)31-19-17(23)18(24-12-25-19)26-16-6-5-14(11-15(16)22)33(4,29)30/h5-6,11-13H,7-10,23H2,1-4H3,(H,24,25,26). The third-order valence-corrected chi connectivity index (χ3v) is 5.95. The number of hydrogen-bond acceptors (Lipinski definition) is 9. The SMILES string of the molecule is CC(C)(C)OC(=O)N1CCC(Oc2ncnc(Nc3ccc(S(C)(=O)=O)cc3F)c2N)CC1. The number of piperidine rings is 1. The van der Waals surface area contributed by atoms with Crippen LogP contribution in [0.4, 0.5) is 26.4 Å². The zero-order valence-corrected chi connectivity index (χ0v) is 19.8. The highest BCUT2D eigenvalue weighted by atomic mass is 32.2. The first-order valence-corrected chi connectivity index (χ1v) is 12.2. The summed E-state index contributed by atoms with van der Waals surface area (Å²) in [5.74, 6) is -0.513. The number of nitrogens with two attached hydrogens (primary N) is 1. The summed E-state index contributed by atoms with van der Waals surface area (Å²) in [6.45, 7) is 6.38. The van der Waals surface area contributed by atoms with Crippen molar-refractivity contribution in [3.8, 4) is 5.88 Å². The lowest BCUT2D eigenvalue weighted by Crippen LogP contribution is -2.44. The number of sulfone groups is 1. The number of amides is 1. The van der Waals surface area contributed by atoms with Crippen molar-refractivity contribution < 1.29 is 27.1 Å². The number of anilines is 3. The van der Waals surface area contributed by atoms with Crippen molar-refractivity contribution in [3.63, 3.8) is 0 Å². The number of benzene rings is 1. The fourth-order valence-electron chi connectivity index (χ4n) is 3.17. The van der Waals surface area contributed by atoms with Gasteiger partial charge in [-0.2, -0.15) is 4.98 Å². The predicted octanol–water partition coefficient (Wildman–Crippen LogP) is 3.12. The van der Waals surface area contributed by atoms with Crippen LogP contribution in [0.2, 0.25) is 0 Å². The van der Waals surface area contributed by atoms with E-state index in [9.17, 15) is 17.6 Å². The van der Waals surface area contributed by atoms with Crippen molar-refractivity contribution in [3.05, 3.63) is 30.3 Å². The molecule has 2 heterocycles. The summed E-state index contributed by atoms with van der Waals surface area (Å²) in [4.78, 5) is 21.8. The fraction of sp³-hybridized carbons (Fsp3) is 0.476. The van der Waals surface area contributed by atoms with Gasteiger partial charge in [0, 0.05) is 32.2 Å². The Balaban J connectivity index is 1.65. The van der Waals surface area contributed by atoms with Crippen molar-refractivity contribution >= 4 is 33.1 Å². The number of nitrogens with one attached hydrogen (secondary N) is 1. The van der Waals surface area contributed by atoms with Crippen LogP contribution in [-0.2, 0) is 14.6 Å². The van der Waals surface area contributed by atoms with Gasteiger partial charge in [-0.3, -0.25) is 0 Å². The molecule has 0 radical (unpaired) electrons. The lowest BCUT2D eigenvalue weighted by molar-refractivity contribution is 0.0123. The van der Waals surface area contributed by atoms with Crippen LogP contribution in [0.25, 0.3) is 0 Å². The summed E-state index contributed by atoms with van der Waals surface area (Å²) < 4.78 is 48.9. The number of nitrogen functional groups attached to an aromatic ring is 1. The van der Waals surface area contributed by atoms with Gasteiger partial charge in [0.05, 0.1) is 10.6 Å². The largest absolute Gasteiger partial charge is 0.473 e. The Morgan fingerprint density at radius 3 is 2.48 bits per heavy atom. The van der Waals surface area contributed by atoms with Gasteiger partial charge >= 0.3 is 6.09 Å². The van der Waals surface area contributed by atoms with Crippen molar-refractivity contribution in [1.82, 2.24) is 14.9 Å². The first-order chi connectivity index (χ1) is 15.3. The Kier molecular flexibility index (Phi) is 6.96. The van der Waals surface area contributed by atoms with Crippen molar-refractivity contribution in [1.29, 1.82) is 0 Å². The van der Waals surface area contributed by atoms with E-state index in [0.717, 1.165) is 12.3 Å². The molecule has 3 N–H and O–H groups in total. The van der Waals surface area contributed by atoms with Gasteiger partial charge in [-0.15, -0.1) is 0 Å². The molecule has 1 aliphatic heterocycles. The summed E-state index contributed by atoms with van der Waals surface area (Å²) in [7, 11) is -3.54. The monoisotopic (exact) mass is 481 g/mol. The summed E-state index contributed by atoms with van der Waals surface area (Å²) in [6, 6.07) is 3.50. The van der Waals surface area contributed by atoms with Crippen LogP contribution in [0, 0.1) is 5.82 Å². The molecule has 1 amide bonds. The molecule has 1 aromatic carbocycles. The van der Waals surface area contributed by atoms with Crippen molar-refractivity contribution in [2.45, 2.75) is 50.2 Å². The molecule has 33 heavy (non-hydrogen) atoms. The molecule has 1 aliphatic rings. The summed E-state index contributed by atoms with van der Waals surface area (Å²) in [5.41, 5.74) is 5.65. The molecule has 0 bridgehead atoms. The third kappa shape index (κ3) is 6.44. The van der Waals surface area contributed by atoms with E-state index >= 15 is 0 Å². The average molecular weight is 482 g/mol. The Labute approximate surface area is 192 Å². The maximum atomic E-state index is 14.4. The molecule has 1 aromatic heterocycles. The fourth-order valence-corrected chi connectivity index (χ4v) is 3.80. The summed E-state index contributed by atoms with van der Waals surface area (Å²) in [6.07, 6.45) is 2.77. The Morgan fingerprint density at radius 1 is 1.24 bits per heavy atom. The number of hydrogen-bond donors (Lipinski definition) is 2. The number of likely N-dealkylation sites (tertiary alicyclic amines) is 1. The maximum Gasteiger partial charge on any atom is 0.410 e. The lowest BCUT2D eigenvalue weighted by atomic mass is 10.1. The molecule has 180 valence electrons. The molecular formula is C21H28FN5O5S. The second-order valence-electron chi connectivity index (χ2n) is 8.76. The van der Waals surface area contributed by atoms with Gasteiger partial charge in [-0.1, -0.05) is 0 Å². The van der Waals surface area contributed by atoms with E-state index in [1.165, 1.54) is 18.5 Å². The number of carbonyl (C=O) groups is 1. The van der Waals surface area contributed by atoms with E-state index in [-0.39, 0.29) is 40.2 Å². The van der Waals surface area contributed by atoms with Crippen LogP contribution in [0.5, 0.6) is 5.88 Å². The smallest absolute Gasteiger partial charge is 0.410 e. The van der Waals surface area contributed by atoms with Crippen LogP contribution in [0.3, 0.4) is 0 Å². The first kappa shape index (κ1) is 24.5. The van der Waals surface area contributed by atoms with Crippen molar-refractivity contribution in [2.24, 2.45) is 0 Å². The van der Waals surface area contributed by atoms with E-state index < -0.39 is 21.3 Å². The van der Waals surface area contributed by atoms with Gasteiger partial charge in [-0.25, -0.2) is 22.6 Å². The summed E-state index contributed by atoms with van der Waals surface area (Å²) >= 11 is 0. The molecule has 3 rings (SSSR count). The summed E-state index contributed by atoms with van der Waals surface area (Å²) in [5, 5.41) is 2.75. The van der Waals surface area contributed by atoms with Gasteiger partial charge in [-0.05, 0) is 39.0 Å². The third-order valence-electron chi connectivity index (χ3n) is 4.84. The number of rotatable bonds is 5. The number of carbonyl (C=O) groups excluding carboxylic acids is 1. The minimum Gasteiger partial charge on any atom is -0.473 e. The molecule has 0 atom stereocenters. The highest BCUT2D eigenvalue weighted by Crippen LogP contribution is 2.31. The normalized spacial score (nSPS) is 15.2. The first-order valence-electron chi connectivity index (χ1n) is 10.3. The molecule has 0 aliphatic carbocycles. The Morgan fingerprint density at radius 2 is 1.91 bits per heavy atom. The van der Waals surface area contributed by atoms with Crippen LogP contribution < -0.4 is 15.8 Å². The predicted molar refractivity (Wildman–Crippen MR) is 121 cm³/mol. The van der Waals surface area contributed by atoms with E-state index in [4.69, 9.17) is 15.2 Å². The molecule has 1 saturated heterocycles. The van der Waals surface area contributed by atoms with Gasteiger partial charge in [0.1, 0.15) is 29.5 Å². The molecule has 0 saturated carbocycles. The van der Waals surface area contributed by atoms with Gasteiger partial charge < -0.3 is 25.4 Å². The van der Waals surface area contributed by atoms with E-state index in [2.05, 4.69) is 15.3 Å². The van der Waals surface area contributed by atoms with Gasteiger partial charge in [0.25, 0.3) is 0 Å². The van der Waals surface area contributed by atoms with Crippen LogP contribution in [0.15, 0.2) is 29.4 Å². The van der Waals surface area contributed by atoms with Crippen molar-refractivity contribution in [2.75, 3.05) is 30.4 Å². The molecule has 10 nitrogen and oxygen atoms in total. The average Bonchev–Trinajstić information content (AvgIpc) is 2.71. The van der Waals surface area contributed by atoms with Crippen LogP contribution in [0.1, 0.15) is 33.6 Å². The van der Waals surface area contributed by atoms with Gasteiger partial charge in [0.15, 0.2) is 15.7 Å². The zero-order chi connectivity index (χ0) is 24.4. The van der Waals surface area contributed by atoms with Gasteiger partial charge in [0.2, 0.25) is 5.88 Å². The number of nitrogens with zero attached hydrogens (tertiary/aromatic N) is 3. The van der Waals surface area contributed by atoms with E-state index in [1.807, 2.05) is 20.8 Å². The van der Waals surface area contributed by atoms with Crippen LogP contribution in [-0.4, -0.2) is 60.4 Å². The highest BCUT2D eigenvalue weighted by Gasteiger charge is 2.28. The Hall–Kier alpha value is -3.15. The molecule has 12 heteroatoms. The molecule has 0 unspecified atom stereocenters. The quantitative estimate of drug-likeness (QED) is 0.660. The second-order valence-corrected chi connectivity index (χ2v) is 10.8. The lowest BCUT2D eigenvalue weighted by Gasteiger charge is -2.33. The van der Waals surface area contributed by atoms with E-state index in [0.29, 0.717) is 25.9 Å². The maximum absolute atomic E-state index is 14.4. The second kappa shape index (κ2) is 9.38. The molecule has 2 aromatic rings. The Bertz CT molecular complexity index is 1130. The molecule has 0 spiro atoms. The zero-order valence-electron chi connectivity index (χ0n) is 19.0. The minimum atomic E-state index is -3.54. The highest BCUT2D eigenvalue weighted by molar-refractivity contribution is 7.90. The van der Waals surface area contributed by atoms with E-state index in [1.54, 1.807) is 4.90 Å². The van der Waals surface area contributed by atoms with Crippen LogP contribution >= 0.6 is 0 Å². The number of halogens is 1. The minimum absolute atomic E-state index is 0.00409. The molecular weight excluding hydrogens is 453 g/mol. The molecule has 1 fully saturated rings. The number of ether oxygens (including phenoxy) is 2.